The Bertz CT molecular complexity index is 420. The zero-order chi connectivity index (χ0) is 16.0. The van der Waals surface area contributed by atoms with Crippen LogP contribution in [0.2, 0.25) is 0 Å². The number of thioether (sulfide) groups is 1. The maximum absolute atomic E-state index is 5.32. The van der Waals surface area contributed by atoms with E-state index in [1.54, 1.807) is 0 Å². The molecule has 0 unspecified atom stereocenters. The van der Waals surface area contributed by atoms with Crippen molar-refractivity contribution in [2.45, 2.75) is 31.6 Å². The van der Waals surface area contributed by atoms with E-state index in [2.05, 4.69) is 46.8 Å². The Morgan fingerprint density at radius 1 is 1.14 bits per heavy atom. The molecule has 0 aliphatic rings. The van der Waals surface area contributed by atoms with Crippen LogP contribution in [0.3, 0.4) is 0 Å². The number of unbranched alkanes of at least 4 members (excludes halogenated alkanes) is 1. The lowest BCUT2D eigenvalue weighted by atomic mass is 10.2. The van der Waals surface area contributed by atoms with Gasteiger partial charge in [0, 0.05) is 44.0 Å². The number of nitrogens with zero attached hydrogens (tertiary/aromatic N) is 1. The summed E-state index contributed by atoms with van der Waals surface area (Å²) < 4.78 is 5.32. The number of aliphatic imine (C=N–C) groups is 1. The molecule has 0 radical (unpaired) electrons. The average molecular weight is 324 g/mol. The lowest BCUT2D eigenvalue weighted by Crippen LogP contribution is -2.38. The third-order valence-electron chi connectivity index (χ3n) is 3.12. The number of ether oxygens (including phenoxy) is 1. The highest BCUT2D eigenvalue weighted by Crippen LogP contribution is 2.17. The van der Waals surface area contributed by atoms with Gasteiger partial charge >= 0.3 is 0 Å². The Morgan fingerprint density at radius 2 is 1.86 bits per heavy atom. The molecule has 0 spiro atoms. The van der Waals surface area contributed by atoms with E-state index in [1.165, 1.54) is 10.5 Å². The number of guanidine groups is 1. The second kappa shape index (κ2) is 12.4. The molecule has 0 aromatic heterocycles. The molecule has 124 valence electrons. The van der Waals surface area contributed by atoms with E-state index in [4.69, 9.17) is 4.74 Å². The van der Waals surface area contributed by atoms with Crippen molar-refractivity contribution in [1.82, 2.24) is 10.6 Å². The molecule has 4 nitrogen and oxygen atoms in total. The molecule has 1 aromatic carbocycles. The third-order valence-corrected chi connectivity index (χ3v) is 4.13. The summed E-state index contributed by atoms with van der Waals surface area (Å²) >= 11 is 1.86. The van der Waals surface area contributed by atoms with Crippen molar-refractivity contribution >= 4 is 17.7 Å². The Morgan fingerprint density at radius 3 is 2.55 bits per heavy atom. The van der Waals surface area contributed by atoms with Gasteiger partial charge in [0.2, 0.25) is 0 Å². The minimum Gasteiger partial charge on any atom is -0.382 e. The van der Waals surface area contributed by atoms with Crippen molar-refractivity contribution in [2.75, 3.05) is 39.1 Å². The van der Waals surface area contributed by atoms with Gasteiger partial charge in [-0.15, -0.1) is 11.8 Å². The molecular weight excluding hydrogens is 294 g/mol. The Labute approximate surface area is 139 Å². The normalized spacial score (nSPS) is 11.5. The van der Waals surface area contributed by atoms with Crippen molar-refractivity contribution in [2.24, 2.45) is 4.99 Å². The molecule has 1 rings (SSSR count). The minimum absolute atomic E-state index is 0.801. The fourth-order valence-corrected chi connectivity index (χ4v) is 2.64. The van der Waals surface area contributed by atoms with Gasteiger partial charge in [0.15, 0.2) is 5.96 Å². The highest BCUT2D eigenvalue weighted by Gasteiger charge is 1.98. The molecule has 0 heterocycles. The first-order valence-electron chi connectivity index (χ1n) is 7.98. The summed E-state index contributed by atoms with van der Waals surface area (Å²) in [6, 6.07) is 8.65. The van der Waals surface area contributed by atoms with E-state index in [0.29, 0.717) is 0 Å². The van der Waals surface area contributed by atoms with E-state index in [9.17, 15) is 0 Å². The highest BCUT2D eigenvalue weighted by atomic mass is 32.2. The molecule has 0 aliphatic carbocycles. The van der Waals surface area contributed by atoms with Crippen molar-refractivity contribution in [3.05, 3.63) is 29.8 Å². The largest absolute Gasteiger partial charge is 0.382 e. The molecule has 22 heavy (non-hydrogen) atoms. The number of rotatable bonds is 10. The lowest BCUT2D eigenvalue weighted by molar-refractivity contribution is 0.143. The first-order valence-corrected chi connectivity index (χ1v) is 8.96. The highest BCUT2D eigenvalue weighted by molar-refractivity contribution is 7.99. The summed E-state index contributed by atoms with van der Waals surface area (Å²) in [5.41, 5.74) is 1.30. The van der Waals surface area contributed by atoms with E-state index in [-0.39, 0.29) is 0 Å². The van der Waals surface area contributed by atoms with Gasteiger partial charge < -0.3 is 15.4 Å². The summed E-state index contributed by atoms with van der Waals surface area (Å²) in [4.78, 5) is 5.54. The summed E-state index contributed by atoms with van der Waals surface area (Å²) in [5.74, 6) is 1.90. The van der Waals surface area contributed by atoms with Crippen LogP contribution in [0.15, 0.2) is 34.2 Å². The summed E-state index contributed by atoms with van der Waals surface area (Å²) in [6.45, 7) is 7.61. The average Bonchev–Trinajstić information content (AvgIpc) is 2.54. The summed E-state index contributed by atoms with van der Waals surface area (Å²) in [6.07, 6.45) is 2.18. The van der Waals surface area contributed by atoms with Crippen LogP contribution in [0.1, 0.15) is 25.3 Å². The predicted molar refractivity (Wildman–Crippen MR) is 97.0 cm³/mol. The standard InChI is InChI=1S/C17H29N3OS/c1-4-21-13-6-5-11-19-17(18-3)20-12-14-22-16-9-7-15(2)8-10-16/h7-10H,4-6,11-14H2,1-3H3,(H2,18,19,20). The molecule has 1 aromatic rings. The summed E-state index contributed by atoms with van der Waals surface area (Å²) in [5, 5.41) is 6.67. The van der Waals surface area contributed by atoms with Crippen LogP contribution in [0.5, 0.6) is 0 Å². The van der Waals surface area contributed by atoms with Crippen LogP contribution in [0, 0.1) is 6.92 Å². The Kier molecular flexibility index (Phi) is 10.6. The van der Waals surface area contributed by atoms with Gasteiger partial charge in [0.25, 0.3) is 0 Å². The van der Waals surface area contributed by atoms with Crippen molar-refractivity contribution in [1.29, 1.82) is 0 Å². The first kappa shape index (κ1) is 18.8. The van der Waals surface area contributed by atoms with Crippen LogP contribution in [0.25, 0.3) is 0 Å². The van der Waals surface area contributed by atoms with Gasteiger partial charge in [-0.1, -0.05) is 17.7 Å². The maximum Gasteiger partial charge on any atom is 0.191 e. The van der Waals surface area contributed by atoms with Gasteiger partial charge in [-0.2, -0.15) is 0 Å². The topological polar surface area (TPSA) is 45.6 Å². The van der Waals surface area contributed by atoms with Crippen LogP contribution in [-0.4, -0.2) is 45.1 Å². The van der Waals surface area contributed by atoms with Crippen molar-refractivity contribution in [3.63, 3.8) is 0 Å². The fraction of sp³-hybridized carbons (Fsp3) is 0.588. The lowest BCUT2D eigenvalue weighted by Gasteiger charge is -2.11. The summed E-state index contributed by atoms with van der Waals surface area (Å²) in [7, 11) is 1.81. The van der Waals surface area contributed by atoms with Crippen LogP contribution < -0.4 is 10.6 Å². The number of hydrogen-bond acceptors (Lipinski definition) is 3. The first-order chi connectivity index (χ1) is 10.8. The molecule has 0 saturated carbocycles. The zero-order valence-electron chi connectivity index (χ0n) is 14.0. The SMILES string of the molecule is CCOCCCCNC(=NC)NCCSc1ccc(C)cc1. The van der Waals surface area contributed by atoms with Crippen LogP contribution in [0.4, 0.5) is 0 Å². The van der Waals surface area contributed by atoms with Gasteiger partial charge in [-0.3, -0.25) is 4.99 Å². The second-order valence-corrected chi connectivity index (χ2v) is 6.16. The van der Waals surface area contributed by atoms with E-state index < -0.39 is 0 Å². The van der Waals surface area contributed by atoms with Crippen molar-refractivity contribution in [3.8, 4) is 0 Å². The molecule has 0 amide bonds. The molecule has 0 fully saturated rings. The molecule has 0 bridgehead atoms. The molecule has 2 N–H and O–H groups in total. The van der Waals surface area contributed by atoms with E-state index in [0.717, 1.165) is 50.9 Å². The number of aryl methyl sites for hydroxylation is 1. The molecule has 0 aliphatic heterocycles. The molecule has 0 atom stereocenters. The predicted octanol–water partition coefficient (Wildman–Crippen LogP) is 3.07. The van der Waals surface area contributed by atoms with Crippen LogP contribution in [-0.2, 0) is 4.74 Å². The monoisotopic (exact) mass is 323 g/mol. The van der Waals surface area contributed by atoms with Crippen molar-refractivity contribution < 1.29 is 4.74 Å². The van der Waals surface area contributed by atoms with Gasteiger partial charge in [-0.05, 0) is 38.8 Å². The number of benzene rings is 1. The van der Waals surface area contributed by atoms with Gasteiger partial charge in [0.05, 0.1) is 0 Å². The quantitative estimate of drug-likeness (QED) is 0.301. The number of nitrogens with one attached hydrogen (secondary N) is 2. The molecule has 0 saturated heterocycles. The zero-order valence-corrected chi connectivity index (χ0v) is 14.8. The number of hydrogen-bond donors (Lipinski definition) is 2. The third kappa shape index (κ3) is 8.95. The fourth-order valence-electron chi connectivity index (χ4n) is 1.87. The smallest absolute Gasteiger partial charge is 0.191 e. The van der Waals surface area contributed by atoms with E-state index in [1.807, 2.05) is 25.7 Å². The Balaban J connectivity index is 2.07. The minimum atomic E-state index is 0.801. The van der Waals surface area contributed by atoms with Gasteiger partial charge in [0.1, 0.15) is 0 Å². The van der Waals surface area contributed by atoms with Gasteiger partial charge in [-0.25, -0.2) is 0 Å². The molecular formula is C17H29N3OS. The molecule has 5 heteroatoms. The maximum atomic E-state index is 5.32. The second-order valence-electron chi connectivity index (χ2n) is 4.99. The van der Waals surface area contributed by atoms with Crippen LogP contribution >= 0.6 is 11.8 Å². The van der Waals surface area contributed by atoms with E-state index >= 15 is 0 Å². The Hall–Kier alpha value is -1.20.